The van der Waals surface area contributed by atoms with Gasteiger partial charge in [0.25, 0.3) is 0 Å². The van der Waals surface area contributed by atoms with Gasteiger partial charge >= 0.3 is 0 Å². The molecule has 2 heteroatoms. The van der Waals surface area contributed by atoms with Gasteiger partial charge in [0.15, 0.2) is 6.47 Å². The highest BCUT2D eigenvalue weighted by Crippen LogP contribution is 1.96. The van der Waals surface area contributed by atoms with Gasteiger partial charge in [0.2, 0.25) is 0 Å². The summed E-state index contributed by atoms with van der Waals surface area (Å²) in [5.41, 5.74) is 1.08. The van der Waals surface area contributed by atoms with Crippen LogP contribution >= 0.6 is 0 Å². The van der Waals surface area contributed by atoms with Crippen molar-refractivity contribution in [1.29, 1.82) is 0 Å². The highest BCUT2D eigenvalue weighted by atomic mass is 19.1. The van der Waals surface area contributed by atoms with E-state index in [0.29, 0.717) is 6.47 Å². The predicted octanol–water partition coefficient (Wildman–Crippen LogP) is 2.30. The van der Waals surface area contributed by atoms with Gasteiger partial charge in [-0.2, -0.15) is 4.39 Å². The van der Waals surface area contributed by atoms with E-state index in [4.69, 9.17) is 0 Å². The van der Waals surface area contributed by atoms with Crippen LogP contribution in [0.2, 0.25) is 0 Å². The third kappa shape index (κ3) is 3.53. The SMILES string of the molecule is CC/C(C)=C/N=C\F. The molecule has 0 aromatic carbocycles. The van der Waals surface area contributed by atoms with Crippen LogP contribution in [0.5, 0.6) is 0 Å². The van der Waals surface area contributed by atoms with Crippen LogP contribution < -0.4 is 0 Å². The lowest BCUT2D eigenvalue weighted by Gasteiger charge is -1.85. The quantitative estimate of drug-likeness (QED) is 0.489. The summed E-state index contributed by atoms with van der Waals surface area (Å²) in [7, 11) is 0. The van der Waals surface area contributed by atoms with Crippen molar-refractivity contribution in [2.75, 3.05) is 0 Å². The molecule has 0 atom stereocenters. The van der Waals surface area contributed by atoms with E-state index in [0.717, 1.165) is 12.0 Å². The molecule has 0 aliphatic heterocycles. The van der Waals surface area contributed by atoms with Crippen molar-refractivity contribution in [1.82, 2.24) is 0 Å². The van der Waals surface area contributed by atoms with Gasteiger partial charge in [-0.3, -0.25) is 0 Å². The molecule has 0 saturated carbocycles. The minimum Gasteiger partial charge on any atom is -0.235 e. The zero-order valence-electron chi connectivity index (χ0n) is 5.19. The average Bonchev–Trinajstić information content (AvgIpc) is 1.83. The van der Waals surface area contributed by atoms with Crippen molar-refractivity contribution >= 4 is 6.47 Å². The van der Waals surface area contributed by atoms with E-state index in [1.54, 1.807) is 0 Å². The largest absolute Gasteiger partial charge is 0.235 e. The van der Waals surface area contributed by atoms with Gasteiger partial charge in [0.1, 0.15) is 0 Å². The summed E-state index contributed by atoms with van der Waals surface area (Å²) in [4.78, 5) is 3.29. The molecule has 0 N–H and O–H groups in total. The van der Waals surface area contributed by atoms with E-state index >= 15 is 0 Å². The van der Waals surface area contributed by atoms with E-state index in [-0.39, 0.29) is 0 Å². The zero-order valence-corrected chi connectivity index (χ0v) is 5.19. The molecule has 0 radical (unpaired) electrons. The van der Waals surface area contributed by atoms with Crippen molar-refractivity contribution in [3.63, 3.8) is 0 Å². The van der Waals surface area contributed by atoms with Gasteiger partial charge in [-0.25, -0.2) is 4.99 Å². The Bertz CT molecular complexity index is 105. The molecule has 0 aromatic rings. The lowest BCUT2D eigenvalue weighted by Crippen LogP contribution is -1.67. The van der Waals surface area contributed by atoms with Crippen molar-refractivity contribution in [2.24, 2.45) is 4.99 Å². The van der Waals surface area contributed by atoms with Gasteiger partial charge in [-0.05, 0) is 13.3 Å². The molecular formula is C6H10FN. The molecule has 0 heterocycles. The van der Waals surface area contributed by atoms with Crippen LogP contribution in [0.15, 0.2) is 16.8 Å². The Hall–Kier alpha value is -0.660. The fourth-order valence-electron chi connectivity index (χ4n) is 0.247. The maximum atomic E-state index is 11.2. The molecule has 0 aliphatic rings. The predicted molar refractivity (Wildman–Crippen MR) is 33.6 cm³/mol. The molecule has 0 rings (SSSR count). The maximum absolute atomic E-state index is 11.2. The number of rotatable bonds is 2. The summed E-state index contributed by atoms with van der Waals surface area (Å²) in [5, 5.41) is 0. The molecule has 0 spiro atoms. The number of hydrogen-bond donors (Lipinski definition) is 0. The summed E-state index contributed by atoms with van der Waals surface area (Å²) < 4.78 is 11.2. The smallest absolute Gasteiger partial charge is 0.175 e. The van der Waals surface area contributed by atoms with Gasteiger partial charge in [-0.1, -0.05) is 12.5 Å². The van der Waals surface area contributed by atoms with Crippen LogP contribution in [0, 0.1) is 0 Å². The second-order valence-corrected chi connectivity index (χ2v) is 1.58. The zero-order chi connectivity index (χ0) is 6.41. The summed E-state index contributed by atoms with van der Waals surface area (Å²) >= 11 is 0. The van der Waals surface area contributed by atoms with E-state index in [1.165, 1.54) is 6.20 Å². The van der Waals surface area contributed by atoms with Crippen LogP contribution in [0.25, 0.3) is 0 Å². The van der Waals surface area contributed by atoms with Gasteiger partial charge < -0.3 is 0 Å². The van der Waals surface area contributed by atoms with Crippen LogP contribution in [-0.4, -0.2) is 6.47 Å². The Morgan fingerprint density at radius 1 is 1.75 bits per heavy atom. The van der Waals surface area contributed by atoms with Crippen molar-refractivity contribution in [3.05, 3.63) is 11.8 Å². The molecule has 0 fully saturated rings. The van der Waals surface area contributed by atoms with Crippen LogP contribution in [-0.2, 0) is 0 Å². The minimum atomic E-state index is 0.291. The van der Waals surface area contributed by atoms with Gasteiger partial charge in [-0.15, -0.1) is 0 Å². The highest BCUT2D eigenvalue weighted by molar-refractivity contribution is 5.45. The van der Waals surface area contributed by atoms with E-state index in [9.17, 15) is 4.39 Å². The first kappa shape index (κ1) is 7.34. The van der Waals surface area contributed by atoms with Crippen molar-refractivity contribution in [3.8, 4) is 0 Å². The molecule has 46 valence electrons. The molecule has 1 nitrogen and oxygen atoms in total. The standard InChI is InChI=1S/C6H10FN/c1-3-6(2)4-8-5-7/h4-5H,3H2,1-2H3/b6-4+,8-5-. The summed E-state index contributed by atoms with van der Waals surface area (Å²) in [6, 6.07) is 0. The van der Waals surface area contributed by atoms with Crippen LogP contribution in [0.4, 0.5) is 4.39 Å². The third-order valence-corrected chi connectivity index (χ3v) is 0.909. The Kier molecular flexibility index (Phi) is 4.13. The second-order valence-electron chi connectivity index (χ2n) is 1.58. The molecule has 0 aromatic heterocycles. The number of hydrogen-bond acceptors (Lipinski definition) is 1. The molecule has 0 aliphatic carbocycles. The van der Waals surface area contributed by atoms with Crippen LogP contribution in [0.1, 0.15) is 20.3 Å². The summed E-state index contributed by atoms with van der Waals surface area (Å²) in [5.74, 6) is 0. The second kappa shape index (κ2) is 4.50. The molecule has 0 bridgehead atoms. The Labute approximate surface area is 48.9 Å². The number of aliphatic imine (C=N–C) groups is 1. The minimum absolute atomic E-state index is 0.291. The number of halogens is 1. The van der Waals surface area contributed by atoms with E-state index < -0.39 is 0 Å². The Morgan fingerprint density at radius 2 is 2.38 bits per heavy atom. The first-order valence-corrected chi connectivity index (χ1v) is 2.58. The summed E-state index contributed by atoms with van der Waals surface area (Å²) in [6.07, 6.45) is 2.44. The summed E-state index contributed by atoms with van der Waals surface area (Å²) in [6.45, 7) is 4.20. The average molecular weight is 115 g/mol. The molecule has 0 amide bonds. The van der Waals surface area contributed by atoms with Crippen molar-refractivity contribution < 1.29 is 4.39 Å². The van der Waals surface area contributed by atoms with Crippen LogP contribution in [0.3, 0.4) is 0 Å². The van der Waals surface area contributed by atoms with E-state index in [1.807, 2.05) is 13.8 Å². The molecular weight excluding hydrogens is 105 g/mol. The Balaban J connectivity index is 3.57. The highest BCUT2D eigenvalue weighted by Gasteiger charge is 1.77. The van der Waals surface area contributed by atoms with Gasteiger partial charge in [0.05, 0.1) is 0 Å². The molecule has 0 saturated heterocycles. The fourth-order valence-corrected chi connectivity index (χ4v) is 0.247. The topological polar surface area (TPSA) is 12.4 Å². The first-order valence-electron chi connectivity index (χ1n) is 2.58. The maximum Gasteiger partial charge on any atom is 0.175 e. The third-order valence-electron chi connectivity index (χ3n) is 0.909. The molecule has 0 unspecified atom stereocenters. The molecule has 8 heavy (non-hydrogen) atoms. The number of nitrogens with zero attached hydrogens (tertiary/aromatic N) is 1. The van der Waals surface area contributed by atoms with Gasteiger partial charge in [0, 0.05) is 6.20 Å². The lowest BCUT2D eigenvalue weighted by atomic mass is 10.3. The fraction of sp³-hybridized carbons (Fsp3) is 0.500. The number of allylic oxidation sites excluding steroid dienone is 1. The lowest BCUT2D eigenvalue weighted by molar-refractivity contribution is 0.840. The normalized spacial score (nSPS) is 13.1. The first-order chi connectivity index (χ1) is 3.81. The monoisotopic (exact) mass is 115 g/mol. The van der Waals surface area contributed by atoms with E-state index in [2.05, 4.69) is 4.99 Å². The van der Waals surface area contributed by atoms with Crippen molar-refractivity contribution in [2.45, 2.75) is 20.3 Å². The Morgan fingerprint density at radius 3 is 2.75 bits per heavy atom.